The van der Waals surface area contributed by atoms with Gasteiger partial charge in [0.05, 0.1) is 19.2 Å². The first-order valence-corrected chi connectivity index (χ1v) is 6.95. The van der Waals surface area contributed by atoms with Crippen LogP contribution in [0.3, 0.4) is 0 Å². The van der Waals surface area contributed by atoms with Crippen molar-refractivity contribution in [3.8, 4) is 11.5 Å². The molecular weight excluding hydrogens is 276 g/mol. The number of fused-ring (bicyclic) bond motifs is 1. The van der Waals surface area contributed by atoms with Gasteiger partial charge in [-0.1, -0.05) is 24.9 Å². The molecule has 0 atom stereocenters. The zero-order valence-electron chi connectivity index (χ0n) is 12.2. The molecule has 0 saturated heterocycles. The highest BCUT2D eigenvalue weighted by molar-refractivity contribution is 6.33. The highest BCUT2D eigenvalue weighted by Gasteiger charge is 2.16. The van der Waals surface area contributed by atoms with E-state index in [1.54, 1.807) is 20.3 Å². The Morgan fingerprint density at radius 2 is 2.00 bits per heavy atom. The second-order valence-electron chi connectivity index (χ2n) is 4.49. The average Bonchev–Trinajstić information content (AvgIpc) is 2.46. The van der Waals surface area contributed by atoms with E-state index in [2.05, 4.69) is 23.3 Å². The SMILES string of the molecule is CCCc1cc2c(OC)c(Cl)cc(OC)c2nc1NC. The molecule has 0 aliphatic carbocycles. The minimum atomic E-state index is 0.526. The van der Waals surface area contributed by atoms with Gasteiger partial charge in [0.25, 0.3) is 0 Å². The second-order valence-corrected chi connectivity index (χ2v) is 4.89. The number of nitrogens with one attached hydrogen (secondary N) is 1. The molecule has 0 spiro atoms. The summed E-state index contributed by atoms with van der Waals surface area (Å²) < 4.78 is 10.8. The minimum Gasteiger partial charge on any atom is -0.494 e. The predicted molar refractivity (Wildman–Crippen MR) is 83.4 cm³/mol. The van der Waals surface area contributed by atoms with Crippen LogP contribution in [-0.2, 0) is 6.42 Å². The Balaban J connectivity index is 2.81. The number of anilines is 1. The zero-order chi connectivity index (χ0) is 14.7. The van der Waals surface area contributed by atoms with Crippen LogP contribution in [0.5, 0.6) is 11.5 Å². The number of benzene rings is 1. The van der Waals surface area contributed by atoms with Gasteiger partial charge < -0.3 is 14.8 Å². The van der Waals surface area contributed by atoms with Gasteiger partial charge in [-0.3, -0.25) is 0 Å². The van der Waals surface area contributed by atoms with Crippen molar-refractivity contribution in [2.75, 3.05) is 26.6 Å². The second kappa shape index (κ2) is 6.18. The first-order valence-electron chi connectivity index (χ1n) is 6.58. The predicted octanol–water partition coefficient (Wildman–Crippen LogP) is 3.90. The number of halogens is 1. The maximum atomic E-state index is 6.24. The van der Waals surface area contributed by atoms with Crippen LogP contribution in [0.15, 0.2) is 12.1 Å². The topological polar surface area (TPSA) is 43.4 Å². The molecule has 2 rings (SSSR count). The molecule has 0 fully saturated rings. The van der Waals surface area contributed by atoms with E-state index in [1.165, 1.54) is 0 Å². The van der Waals surface area contributed by atoms with Crippen molar-refractivity contribution >= 4 is 28.3 Å². The fourth-order valence-corrected chi connectivity index (χ4v) is 2.61. The van der Waals surface area contributed by atoms with Gasteiger partial charge >= 0.3 is 0 Å². The molecule has 0 unspecified atom stereocenters. The van der Waals surface area contributed by atoms with E-state index in [-0.39, 0.29) is 0 Å². The number of rotatable bonds is 5. The molecule has 0 amide bonds. The summed E-state index contributed by atoms with van der Waals surface area (Å²) in [5.74, 6) is 2.14. The van der Waals surface area contributed by atoms with Crippen LogP contribution < -0.4 is 14.8 Å². The average molecular weight is 295 g/mol. The third-order valence-corrected chi connectivity index (χ3v) is 3.52. The van der Waals surface area contributed by atoms with Gasteiger partial charge in [0.2, 0.25) is 0 Å². The number of aromatic nitrogens is 1. The Kier molecular flexibility index (Phi) is 4.55. The first-order chi connectivity index (χ1) is 9.65. The van der Waals surface area contributed by atoms with E-state index >= 15 is 0 Å². The Morgan fingerprint density at radius 3 is 2.55 bits per heavy atom. The maximum Gasteiger partial charge on any atom is 0.147 e. The number of pyridine rings is 1. The third-order valence-electron chi connectivity index (χ3n) is 3.23. The van der Waals surface area contributed by atoms with Gasteiger partial charge in [0.1, 0.15) is 22.8 Å². The quantitative estimate of drug-likeness (QED) is 0.908. The fourth-order valence-electron chi connectivity index (χ4n) is 2.33. The Labute approximate surface area is 124 Å². The summed E-state index contributed by atoms with van der Waals surface area (Å²) in [6.45, 7) is 2.14. The molecule has 0 bridgehead atoms. The van der Waals surface area contributed by atoms with E-state index < -0.39 is 0 Å². The highest BCUT2D eigenvalue weighted by atomic mass is 35.5. The summed E-state index contributed by atoms with van der Waals surface area (Å²) in [6, 6.07) is 3.81. The summed E-state index contributed by atoms with van der Waals surface area (Å²) in [5.41, 5.74) is 1.89. The van der Waals surface area contributed by atoms with Crippen LogP contribution in [0.1, 0.15) is 18.9 Å². The lowest BCUT2D eigenvalue weighted by atomic mass is 10.1. The van der Waals surface area contributed by atoms with Gasteiger partial charge in [0, 0.05) is 18.5 Å². The van der Waals surface area contributed by atoms with Crippen molar-refractivity contribution in [2.45, 2.75) is 19.8 Å². The standard InChI is InChI=1S/C15H19ClN2O2/c1-5-6-9-7-10-13(18-15(9)17-2)12(19-3)8-11(16)14(10)20-4/h7-8H,5-6H2,1-4H3,(H,17,18). The maximum absolute atomic E-state index is 6.24. The molecule has 0 aliphatic heterocycles. The van der Waals surface area contributed by atoms with E-state index in [1.807, 2.05) is 7.05 Å². The van der Waals surface area contributed by atoms with Crippen LogP contribution in [0, 0.1) is 0 Å². The molecule has 5 heteroatoms. The van der Waals surface area contributed by atoms with Crippen LogP contribution in [0.25, 0.3) is 10.9 Å². The van der Waals surface area contributed by atoms with Crippen LogP contribution in [0.4, 0.5) is 5.82 Å². The van der Waals surface area contributed by atoms with Crippen molar-refractivity contribution in [2.24, 2.45) is 0 Å². The van der Waals surface area contributed by atoms with Crippen molar-refractivity contribution in [1.82, 2.24) is 4.98 Å². The first kappa shape index (κ1) is 14.7. The van der Waals surface area contributed by atoms with E-state index in [0.717, 1.165) is 35.1 Å². The van der Waals surface area contributed by atoms with Gasteiger partial charge in [0.15, 0.2) is 0 Å². The molecule has 1 aromatic carbocycles. The molecule has 1 aromatic heterocycles. The number of hydrogen-bond acceptors (Lipinski definition) is 4. The summed E-state index contributed by atoms with van der Waals surface area (Å²) >= 11 is 6.24. The Bertz CT molecular complexity index is 629. The van der Waals surface area contributed by atoms with Crippen LogP contribution in [-0.4, -0.2) is 26.3 Å². The number of aryl methyl sites for hydroxylation is 1. The molecule has 2 aromatic rings. The van der Waals surface area contributed by atoms with Crippen LogP contribution in [0.2, 0.25) is 5.02 Å². The van der Waals surface area contributed by atoms with Crippen LogP contribution >= 0.6 is 11.6 Å². The fraction of sp³-hybridized carbons (Fsp3) is 0.400. The number of ether oxygens (including phenoxy) is 2. The lowest BCUT2D eigenvalue weighted by molar-refractivity contribution is 0.410. The normalized spacial score (nSPS) is 10.7. The van der Waals surface area contributed by atoms with E-state index in [0.29, 0.717) is 16.5 Å². The zero-order valence-corrected chi connectivity index (χ0v) is 13.0. The van der Waals surface area contributed by atoms with Gasteiger partial charge in [-0.2, -0.15) is 0 Å². The number of methoxy groups -OCH3 is 2. The molecule has 20 heavy (non-hydrogen) atoms. The molecule has 0 aliphatic rings. The molecule has 0 saturated carbocycles. The molecule has 108 valence electrons. The Morgan fingerprint density at radius 1 is 1.25 bits per heavy atom. The largest absolute Gasteiger partial charge is 0.494 e. The van der Waals surface area contributed by atoms with E-state index in [9.17, 15) is 0 Å². The Hall–Kier alpha value is -1.68. The van der Waals surface area contributed by atoms with E-state index in [4.69, 9.17) is 21.1 Å². The van der Waals surface area contributed by atoms with Crippen molar-refractivity contribution in [1.29, 1.82) is 0 Å². The molecule has 1 heterocycles. The lowest BCUT2D eigenvalue weighted by Gasteiger charge is -2.15. The van der Waals surface area contributed by atoms with Crippen molar-refractivity contribution < 1.29 is 9.47 Å². The number of hydrogen-bond donors (Lipinski definition) is 1. The highest BCUT2D eigenvalue weighted by Crippen LogP contribution is 2.40. The lowest BCUT2D eigenvalue weighted by Crippen LogP contribution is -2.01. The monoisotopic (exact) mass is 294 g/mol. The third kappa shape index (κ3) is 2.48. The van der Waals surface area contributed by atoms with Crippen molar-refractivity contribution in [3.63, 3.8) is 0 Å². The van der Waals surface area contributed by atoms with Gasteiger partial charge in [-0.15, -0.1) is 0 Å². The molecular formula is C15H19ClN2O2. The summed E-state index contributed by atoms with van der Waals surface area (Å²) in [7, 11) is 5.09. The summed E-state index contributed by atoms with van der Waals surface area (Å²) in [6.07, 6.45) is 1.99. The smallest absolute Gasteiger partial charge is 0.147 e. The van der Waals surface area contributed by atoms with Crippen molar-refractivity contribution in [3.05, 3.63) is 22.7 Å². The number of nitrogens with zero attached hydrogens (tertiary/aromatic N) is 1. The van der Waals surface area contributed by atoms with Gasteiger partial charge in [-0.05, 0) is 18.1 Å². The summed E-state index contributed by atoms with van der Waals surface area (Å²) in [4.78, 5) is 4.66. The van der Waals surface area contributed by atoms with Gasteiger partial charge in [-0.25, -0.2) is 4.98 Å². The minimum absolute atomic E-state index is 0.526. The molecule has 1 N–H and O–H groups in total. The molecule has 0 radical (unpaired) electrons. The molecule has 4 nitrogen and oxygen atoms in total. The summed E-state index contributed by atoms with van der Waals surface area (Å²) in [5, 5.41) is 4.54.